The van der Waals surface area contributed by atoms with Gasteiger partial charge in [-0.05, 0) is 38.3 Å². The standard InChI is InChI=1S/C16H20ClN/c1-4-5-6-7-8-16(18-13(2)3)14-9-11-15(17)12-10-14/h9-13H,4-6H2,1-3H3. The summed E-state index contributed by atoms with van der Waals surface area (Å²) >= 11 is 5.89. The van der Waals surface area contributed by atoms with Gasteiger partial charge in [-0.1, -0.05) is 43.0 Å². The summed E-state index contributed by atoms with van der Waals surface area (Å²) in [7, 11) is 0. The van der Waals surface area contributed by atoms with Gasteiger partial charge in [-0.15, -0.1) is 0 Å². The summed E-state index contributed by atoms with van der Waals surface area (Å²) < 4.78 is 0. The normalized spacial score (nSPS) is 11.3. The van der Waals surface area contributed by atoms with Crippen molar-refractivity contribution in [1.29, 1.82) is 0 Å². The summed E-state index contributed by atoms with van der Waals surface area (Å²) in [6, 6.07) is 7.94. The number of aliphatic imine (C=N–C) groups is 1. The van der Waals surface area contributed by atoms with Crippen LogP contribution in [0.4, 0.5) is 0 Å². The van der Waals surface area contributed by atoms with Crippen LogP contribution in [-0.2, 0) is 0 Å². The van der Waals surface area contributed by atoms with Gasteiger partial charge in [0.2, 0.25) is 0 Å². The van der Waals surface area contributed by atoms with Crippen molar-refractivity contribution in [3.63, 3.8) is 0 Å². The highest BCUT2D eigenvalue weighted by Crippen LogP contribution is 2.11. The Morgan fingerprint density at radius 3 is 2.50 bits per heavy atom. The third kappa shape index (κ3) is 5.38. The molecule has 0 N–H and O–H groups in total. The predicted molar refractivity (Wildman–Crippen MR) is 80.4 cm³/mol. The number of unbranched alkanes of at least 4 members (excludes halogenated alkanes) is 2. The lowest BCUT2D eigenvalue weighted by Gasteiger charge is -2.03. The largest absolute Gasteiger partial charge is 0.273 e. The predicted octanol–water partition coefficient (Wildman–Crippen LogP) is 4.73. The third-order valence-electron chi connectivity index (χ3n) is 2.37. The van der Waals surface area contributed by atoms with Gasteiger partial charge >= 0.3 is 0 Å². The molecule has 1 aromatic rings. The van der Waals surface area contributed by atoms with E-state index in [4.69, 9.17) is 11.6 Å². The summed E-state index contributed by atoms with van der Waals surface area (Å²) in [6.07, 6.45) is 3.25. The van der Waals surface area contributed by atoms with Crippen LogP contribution in [-0.4, -0.2) is 11.8 Å². The Hall–Kier alpha value is -1.26. The maximum absolute atomic E-state index is 5.89. The molecule has 0 aliphatic heterocycles. The van der Waals surface area contributed by atoms with Crippen LogP contribution in [0.2, 0.25) is 5.02 Å². The van der Waals surface area contributed by atoms with Crippen molar-refractivity contribution in [3.05, 3.63) is 34.9 Å². The number of hydrogen-bond donors (Lipinski definition) is 0. The molecule has 1 rings (SSSR count). The van der Waals surface area contributed by atoms with Crippen molar-refractivity contribution in [2.45, 2.75) is 46.1 Å². The quantitative estimate of drug-likeness (QED) is 0.422. The van der Waals surface area contributed by atoms with E-state index in [1.54, 1.807) is 0 Å². The summed E-state index contributed by atoms with van der Waals surface area (Å²) in [5.41, 5.74) is 1.90. The fourth-order valence-corrected chi connectivity index (χ4v) is 1.58. The molecule has 0 aromatic heterocycles. The fraction of sp³-hybridized carbons (Fsp3) is 0.438. The highest BCUT2D eigenvalue weighted by atomic mass is 35.5. The van der Waals surface area contributed by atoms with Gasteiger partial charge in [0, 0.05) is 23.0 Å². The highest BCUT2D eigenvalue weighted by Gasteiger charge is 2.01. The molecular weight excluding hydrogens is 242 g/mol. The SMILES string of the molecule is CCCCC#CC(=NC(C)C)c1ccc(Cl)cc1. The zero-order valence-corrected chi connectivity index (χ0v) is 12.1. The highest BCUT2D eigenvalue weighted by molar-refractivity contribution is 6.30. The van der Waals surface area contributed by atoms with Crippen molar-refractivity contribution in [2.24, 2.45) is 4.99 Å². The average molecular weight is 262 g/mol. The number of nitrogens with zero attached hydrogens (tertiary/aromatic N) is 1. The summed E-state index contributed by atoms with van der Waals surface area (Å²) in [5, 5.41) is 0.738. The molecule has 0 bridgehead atoms. The molecule has 0 spiro atoms. The molecule has 1 aromatic carbocycles. The van der Waals surface area contributed by atoms with Gasteiger partial charge in [-0.3, -0.25) is 4.99 Å². The fourth-order valence-electron chi connectivity index (χ4n) is 1.46. The van der Waals surface area contributed by atoms with Crippen molar-refractivity contribution in [1.82, 2.24) is 0 Å². The number of halogens is 1. The minimum Gasteiger partial charge on any atom is -0.273 e. The van der Waals surface area contributed by atoms with Gasteiger partial charge < -0.3 is 0 Å². The lowest BCUT2D eigenvalue weighted by molar-refractivity contribution is 0.827. The molecule has 96 valence electrons. The number of rotatable bonds is 4. The Bertz CT molecular complexity index is 446. The van der Waals surface area contributed by atoms with Crippen molar-refractivity contribution in [3.8, 4) is 11.8 Å². The van der Waals surface area contributed by atoms with Crippen molar-refractivity contribution >= 4 is 17.3 Å². The summed E-state index contributed by atoms with van der Waals surface area (Å²) in [4.78, 5) is 4.57. The van der Waals surface area contributed by atoms with Crippen LogP contribution < -0.4 is 0 Å². The van der Waals surface area contributed by atoms with Crippen LogP contribution in [0.15, 0.2) is 29.3 Å². The van der Waals surface area contributed by atoms with E-state index in [0.717, 1.165) is 29.1 Å². The van der Waals surface area contributed by atoms with E-state index in [0.29, 0.717) is 0 Å². The zero-order chi connectivity index (χ0) is 13.4. The molecule has 0 unspecified atom stereocenters. The second kappa shape index (κ2) is 7.95. The average Bonchev–Trinajstić information content (AvgIpc) is 2.34. The molecule has 0 saturated heterocycles. The smallest absolute Gasteiger partial charge is 0.115 e. The number of benzene rings is 1. The van der Waals surface area contributed by atoms with Gasteiger partial charge in [0.15, 0.2) is 0 Å². The van der Waals surface area contributed by atoms with E-state index < -0.39 is 0 Å². The van der Waals surface area contributed by atoms with Gasteiger partial charge in [-0.25, -0.2) is 0 Å². The molecule has 0 heterocycles. The van der Waals surface area contributed by atoms with Crippen LogP contribution in [0.5, 0.6) is 0 Å². The van der Waals surface area contributed by atoms with Crippen LogP contribution in [0, 0.1) is 11.8 Å². The van der Waals surface area contributed by atoms with Gasteiger partial charge in [0.05, 0.1) is 0 Å². The molecule has 0 amide bonds. The first-order chi connectivity index (χ1) is 8.63. The maximum atomic E-state index is 5.89. The minimum atomic E-state index is 0.246. The molecule has 0 aliphatic rings. The van der Waals surface area contributed by atoms with E-state index in [1.165, 1.54) is 6.42 Å². The van der Waals surface area contributed by atoms with E-state index in [2.05, 4.69) is 37.6 Å². The first-order valence-electron chi connectivity index (χ1n) is 6.46. The minimum absolute atomic E-state index is 0.246. The molecule has 18 heavy (non-hydrogen) atoms. The van der Waals surface area contributed by atoms with E-state index in [1.807, 2.05) is 24.3 Å². The molecule has 0 aliphatic carbocycles. The monoisotopic (exact) mass is 261 g/mol. The number of hydrogen-bond acceptors (Lipinski definition) is 1. The van der Waals surface area contributed by atoms with Crippen LogP contribution in [0.25, 0.3) is 0 Å². The van der Waals surface area contributed by atoms with E-state index in [9.17, 15) is 0 Å². The Labute approximate surface area is 115 Å². The Balaban J connectivity index is 2.91. The lowest BCUT2D eigenvalue weighted by Crippen LogP contribution is -2.02. The summed E-state index contributed by atoms with van der Waals surface area (Å²) in [5.74, 6) is 6.37. The van der Waals surface area contributed by atoms with Gasteiger partial charge in [0.1, 0.15) is 5.71 Å². The molecule has 0 radical (unpaired) electrons. The van der Waals surface area contributed by atoms with Gasteiger partial charge in [0.25, 0.3) is 0 Å². The molecule has 0 atom stereocenters. The Morgan fingerprint density at radius 2 is 1.94 bits per heavy atom. The van der Waals surface area contributed by atoms with Crippen molar-refractivity contribution < 1.29 is 0 Å². The molecule has 0 fully saturated rings. The zero-order valence-electron chi connectivity index (χ0n) is 11.3. The first kappa shape index (κ1) is 14.8. The van der Waals surface area contributed by atoms with Crippen LogP contribution in [0.1, 0.15) is 45.6 Å². The lowest BCUT2D eigenvalue weighted by atomic mass is 10.1. The third-order valence-corrected chi connectivity index (χ3v) is 2.62. The summed E-state index contributed by atoms with van der Waals surface area (Å²) in [6.45, 7) is 6.29. The molecule has 2 heteroatoms. The topological polar surface area (TPSA) is 12.4 Å². The molecule has 0 saturated carbocycles. The first-order valence-corrected chi connectivity index (χ1v) is 6.84. The van der Waals surface area contributed by atoms with Crippen molar-refractivity contribution in [2.75, 3.05) is 0 Å². The van der Waals surface area contributed by atoms with E-state index in [-0.39, 0.29) is 6.04 Å². The Kier molecular flexibility index (Phi) is 6.54. The second-order valence-corrected chi connectivity index (χ2v) is 4.92. The van der Waals surface area contributed by atoms with Crippen LogP contribution >= 0.6 is 11.6 Å². The molecular formula is C16H20ClN. The second-order valence-electron chi connectivity index (χ2n) is 4.48. The Morgan fingerprint density at radius 1 is 1.28 bits per heavy atom. The van der Waals surface area contributed by atoms with Crippen LogP contribution in [0.3, 0.4) is 0 Å². The molecule has 1 nitrogen and oxygen atoms in total. The van der Waals surface area contributed by atoms with Gasteiger partial charge in [-0.2, -0.15) is 0 Å². The van der Waals surface area contributed by atoms with E-state index >= 15 is 0 Å². The maximum Gasteiger partial charge on any atom is 0.115 e.